The number of benzene rings is 1. The molecule has 1 aromatic carbocycles. The van der Waals surface area contributed by atoms with Crippen LogP contribution in [0.25, 0.3) is 0 Å². The van der Waals surface area contributed by atoms with E-state index in [1.54, 1.807) is 0 Å². The summed E-state index contributed by atoms with van der Waals surface area (Å²) in [5.41, 5.74) is -0.147. The molecule has 1 aliphatic rings. The Balaban J connectivity index is 2.40. The number of non-ortho nitro benzene ring substituents is 1. The molecule has 1 heterocycles. The second kappa shape index (κ2) is 4.64. The number of piperazine rings is 1. The minimum Gasteiger partial charge on any atom is -0.505 e. The quantitative estimate of drug-likeness (QED) is 0.523. The lowest BCUT2D eigenvalue weighted by Gasteiger charge is -2.25. The fourth-order valence-electron chi connectivity index (χ4n) is 1.85. The summed E-state index contributed by atoms with van der Waals surface area (Å²) in [6.07, 6.45) is 0. The number of rotatable bonds is 2. The third kappa shape index (κ3) is 2.34. The summed E-state index contributed by atoms with van der Waals surface area (Å²) in [7, 11) is 0. The van der Waals surface area contributed by atoms with E-state index in [1.807, 2.05) is 0 Å². The van der Waals surface area contributed by atoms with Crippen LogP contribution in [0.4, 0.5) is 10.1 Å². The summed E-state index contributed by atoms with van der Waals surface area (Å²) in [6, 6.07) is 1.59. The molecule has 0 spiro atoms. The molecule has 0 bridgehead atoms. The molecule has 1 fully saturated rings. The number of nitro groups is 1. The molecular formula is C10H12FN3O3. The molecule has 0 saturated carbocycles. The van der Waals surface area contributed by atoms with Crippen molar-refractivity contribution in [3.05, 3.63) is 33.6 Å². The van der Waals surface area contributed by atoms with E-state index < -0.39 is 16.5 Å². The van der Waals surface area contributed by atoms with Crippen molar-refractivity contribution in [1.82, 2.24) is 10.6 Å². The van der Waals surface area contributed by atoms with E-state index in [1.165, 1.54) is 6.07 Å². The SMILES string of the molecule is O=[N+]([O-])c1cc(F)c(O)c([C@@H]2CNCCN2)c1. The lowest BCUT2D eigenvalue weighted by Crippen LogP contribution is -2.42. The van der Waals surface area contributed by atoms with Gasteiger partial charge >= 0.3 is 0 Å². The average molecular weight is 241 g/mol. The number of halogens is 1. The van der Waals surface area contributed by atoms with Crippen LogP contribution in [0.2, 0.25) is 0 Å². The second-order valence-electron chi connectivity index (χ2n) is 3.83. The van der Waals surface area contributed by atoms with Gasteiger partial charge in [0, 0.05) is 37.3 Å². The highest BCUT2D eigenvalue weighted by Gasteiger charge is 2.23. The molecule has 92 valence electrons. The number of nitrogens with zero attached hydrogens (tertiary/aromatic N) is 1. The summed E-state index contributed by atoms with van der Waals surface area (Å²) in [5.74, 6) is -1.50. The number of hydrogen-bond donors (Lipinski definition) is 3. The highest BCUT2D eigenvalue weighted by Crippen LogP contribution is 2.31. The fourth-order valence-corrected chi connectivity index (χ4v) is 1.85. The van der Waals surface area contributed by atoms with Crippen LogP contribution >= 0.6 is 0 Å². The van der Waals surface area contributed by atoms with Crippen LogP contribution in [0.5, 0.6) is 5.75 Å². The van der Waals surface area contributed by atoms with Gasteiger partial charge < -0.3 is 15.7 Å². The van der Waals surface area contributed by atoms with E-state index in [9.17, 15) is 19.6 Å². The van der Waals surface area contributed by atoms with Gasteiger partial charge in [-0.25, -0.2) is 4.39 Å². The van der Waals surface area contributed by atoms with Gasteiger partial charge in [-0.05, 0) is 0 Å². The van der Waals surface area contributed by atoms with Gasteiger partial charge in [-0.2, -0.15) is 0 Å². The van der Waals surface area contributed by atoms with Gasteiger partial charge in [0.25, 0.3) is 5.69 Å². The smallest absolute Gasteiger partial charge is 0.272 e. The summed E-state index contributed by atoms with van der Waals surface area (Å²) >= 11 is 0. The van der Waals surface area contributed by atoms with Gasteiger partial charge in [0.15, 0.2) is 11.6 Å². The van der Waals surface area contributed by atoms with Crippen molar-refractivity contribution < 1.29 is 14.4 Å². The van der Waals surface area contributed by atoms with Gasteiger partial charge in [-0.3, -0.25) is 10.1 Å². The third-order valence-corrected chi connectivity index (χ3v) is 2.70. The van der Waals surface area contributed by atoms with Crippen LogP contribution < -0.4 is 10.6 Å². The number of aromatic hydroxyl groups is 1. The zero-order valence-corrected chi connectivity index (χ0v) is 8.94. The molecule has 0 amide bonds. The normalized spacial score (nSPS) is 20.2. The van der Waals surface area contributed by atoms with E-state index in [2.05, 4.69) is 10.6 Å². The minimum atomic E-state index is -0.971. The van der Waals surface area contributed by atoms with Crippen molar-refractivity contribution in [3.8, 4) is 5.75 Å². The number of nitrogens with one attached hydrogen (secondary N) is 2. The first-order valence-electron chi connectivity index (χ1n) is 5.20. The van der Waals surface area contributed by atoms with Gasteiger partial charge in [-0.1, -0.05) is 0 Å². The largest absolute Gasteiger partial charge is 0.505 e. The van der Waals surface area contributed by atoms with E-state index in [0.717, 1.165) is 12.6 Å². The number of nitro benzene ring substituents is 1. The molecule has 17 heavy (non-hydrogen) atoms. The van der Waals surface area contributed by atoms with Crippen LogP contribution in [-0.2, 0) is 0 Å². The van der Waals surface area contributed by atoms with Crippen molar-refractivity contribution in [2.45, 2.75) is 6.04 Å². The van der Waals surface area contributed by atoms with Crippen molar-refractivity contribution in [2.24, 2.45) is 0 Å². The van der Waals surface area contributed by atoms with E-state index in [-0.39, 0.29) is 17.3 Å². The van der Waals surface area contributed by atoms with E-state index in [0.29, 0.717) is 13.1 Å². The highest BCUT2D eigenvalue weighted by molar-refractivity contribution is 5.46. The van der Waals surface area contributed by atoms with Gasteiger partial charge in [0.1, 0.15) is 0 Å². The monoisotopic (exact) mass is 241 g/mol. The standard InChI is InChI=1S/C10H12FN3O3/c11-8-4-6(14(16)17)3-7(10(8)15)9-5-12-1-2-13-9/h3-4,9,12-13,15H,1-2,5H2/t9-/m0/s1. The Morgan fingerprint density at radius 1 is 1.47 bits per heavy atom. The number of phenols is 1. The van der Waals surface area contributed by atoms with Crippen LogP contribution in [-0.4, -0.2) is 29.7 Å². The predicted molar refractivity (Wildman–Crippen MR) is 58.3 cm³/mol. The first-order valence-corrected chi connectivity index (χ1v) is 5.20. The van der Waals surface area contributed by atoms with Gasteiger partial charge in [0.2, 0.25) is 0 Å². The van der Waals surface area contributed by atoms with Crippen molar-refractivity contribution in [2.75, 3.05) is 19.6 Å². The Bertz CT molecular complexity index is 447. The topological polar surface area (TPSA) is 87.4 Å². The molecule has 6 nitrogen and oxygen atoms in total. The second-order valence-corrected chi connectivity index (χ2v) is 3.83. The summed E-state index contributed by atoms with van der Waals surface area (Å²) < 4.78 is 13.4. The molecule has 7 heteroatoms. The molecule has 0 unspecified atom stereocenters. The first kappa shape index (κ1) is 11.7. The van der Waals surface area contributed by atoms with E-state index in [4.69, 9.17) is 0 Å². The minimum absolute atomic E-state index is 0.212. The molecule has 1 atom stereocenters. The van der Waals surface area contributed by atoms with E-state index >= 15 is 0 Å². The van der Waals surface area contributed by atoms with Crippen molar-refractivity contribution in [3.63, 3.8) is 0 Å². The Hall–Kier alpha value is -1.73. The Kier molecular flexibility index (Phi) is 3.21. The average Bonchev–Trinajstić information content (AvgIpc) is 2.33. The van der Waals surface area contributed by atoms with Crippen molar-refractivity contribution in [1.29, 1.82) is 0 Å². The molecule has 1 aromatic rings. The molecular weight excluding hydrogens is 229 g/mol. The molecule has 0 radical (unpaired) electrons. The fraction of sp³-hybridized carbons (Fsp3) is 0.400. The molecule has 1 aliphatic heterocycles. The van der Waals surface area contributed by atoms with Crippen molar-refractivity contribution >= 4 is 5.69 Å². The number of hydrogen-bond acceptors (Lipinski definition) is 5. The van der Waals surface area contributed by atoms with Gasteiger partial charge in [0.05, 0.1) is 11.0 Å². The molecule has 1 saturated heterocycles. The van der Waals surface area contributed by atoms with Gasteiger partial charge in [-0.15, -0.1) is 0 Å². The maximum Gasteiger partial charge on any atom is 0.272 e. The zero-order chi connectivity index (χ0) is 12.4. The Morgan fingerprint density at radius 3 is 2.82 bits per heavy atom. The lowest BCUT2D eigenvalue weighted by atomic mass is 10.0. The van der Waals surface area contributed by atoms with Crippen LogP contribution in [0, 0.1) is 15.9 Å². The Labute approximate surface area is 96.6 Å². The summed E-state index contributed by atoms with van der Waals surface area (Å²) in [5, 5.41) is 26.3. The van der Waals surface area contributed by atoms with Crippen LogP contribution in [0.15, 0.2) is 12.1 Å². The molecule has 2 rings (SSSR count). The lowest BCUT2D eigenvalue weighted by molar-refractivity contribution is -0.385. The van der Waals surface area contributed by atoms with Crippen LogP contribution in [0.3, 0.4) is 0 Å². The summed E-state index contributed by atoms with van der Waals surface area (Å²) in [6.45, 7) is 1.93. The maximum atomic E-state index is 13.4. The maximum absolute atomic E-state index is 13.4. The Morgan fingerprint density at radius 2 is 2.24 bits per heavy atom. The predicted octanol–water partition coefficient (Wildman–Crippen LogP) is 0.673. The third-order valence-electron chi connectivity index (χ3n) is 2.70. The number of phenolic OH excluding ortho intramolecular Hbond substituents is 1. The highest BCUT2D eigenvalue weighted by atomic mass is 19.1. The molecule has 0 aliphatic carbocycles. The first-order chi connectivity index (χ1) is 8.09. The zero-order valence-electron chi connectivity index (χ0n) is 8.94. The van der Waals surface area contributed by atoms with Crippen LogP contribution in [0.1, 0.15) is 11.6 Å². The molecule has 0 aromatic heterocycles. The summed E-state index contributed by atoms with van der Waals surface area (Å²) in [4.78, 5) is 9.94. The molecule has 3 N–H and O–H groups in total.